The molecule has 168 valence electrons. The summed E-state index contributed by atoms with van der Waals surface area (Å²) in [5.41, 5.74) is 6.29. The van der Waals surface area contributed by atoms with E-state index in [4.69, 9.17) is 15.3 Å². The van der Waals surface area contributed by atoms with Gasteiger partial charge in [-0.25, -0.2) is 15.8 Å². The zero-order chi connectivity index (χ0) is 22.9. The molecule has 0 amide bonds. The molecule has 1 aliphatic heterocycles. The van der Waals surface area contributed by atoms with Gasteiger partial charge in [0.15, 0.2) is 0 Å². The van der Waals surface area contributed by atoms with E-state index in [1.807, 2.05) is 42.5 Å². The smallest absolute Gasteiger partial charge is 0.227 e. The van der Waals surface area contributed by atoms with Crippen LogP contribution in [0.4, 0.5) is 11.6 Å². The molecule has 2 heterocycles. The number of hydrazine groups is 1. The molecule has 0 saturated carbocycles. The van der Waals surface area contributed by atoms with E-state index in [0.717, 1.165) is 29.7 Å². The summed E-state index contributed by atoms with van der Waals surface area (Å²) in [4.78, 5) is 13.0. The number of aliphatic imine (C=N–C) groups is 1. The highest BCUT2D eigenvalue weighted by Crippen LogP contribution is 2.28. The predicted octanol–water partition coefficient (Wildman–Crippen LogP) is 3.31. The molecule has 0 unspecified atom stereocenters. The van der Waals surface area contributed by atoms with Gasteiger partial charge in [0.1, 0.15) is 17.9 Å². The monoisotopic (exact) mass is 443 g/mol. The topological polar surface area (TPSA) is 130 Å². The molecule has 1 fully saturated rings. The molecule has 0 atom stereocenters. The fourth-order valence-electron chi connectivity index (χ4n) is 3.46. The number of rotatable bonds is 8. The number of nitrogens with one attached hydrogen (secondary N) is 2. The van der Waals surface area contributed by atoms with Crippen LogP contribution in [-0.4, -0.2) is 35.6 Å². The Morgan fingerprint density at radius 1 is 1.18 bits per heavy atom. The number of hydrogen-bond donors (Lipinski definition) is 3. The van der Waals surface area contributed by atoms with E-state index in [2.05, 4.69) is 31.8 Å². The Hall–Kier alpha value is -4.00. The van der Waals surface area contributed by atoms with Crippen molar-refractivity contribution in [2.75, 3.05) is 18.5 Å². The lowest BCUT2D eigenvalue weighted by molar-refractivity contribution is 0.0254. The highest BCUT2D eigenvalue weighted by atomic mass is 16.5. The second-order valence-electron chi connectivity index (χ2n) is 7.48. The minimum absolute atomic E-state index is 0.0714. The van der Waals surface area contributed by atoms with Crippen LogP contribution in [0.1, 0.15) is 24.0 Å². The lowest BCUT2D eigenvalue weighted by Gasteiger charge is -2.23. The van der Waals surface area contributed by atoms with E-state index < -0.39 is 0 Å². The summed E-state index contributed by atoms with van der Waals surface area (Å²) in [5, 5.41) is 12.8. The fourth-order valence-corrected chi connectivity index (χ4v) is 3.46. The minimum atomic E-state index is 0.0714. The molecule has 0 radical (unpaired) electrons. The molecule has 1 aliphatic rings. The van der Waals surface area contributed by atoms with Crippen LogP contribution in [0.5, 0.6) is 5.75 Å². The van der Waals surface area contributed by atoms with Crippen molar-refractivity contribution < 1.29 is 9.47 Å². The maximum absolute atomic E-state index is 9.64. The van der Waals surface area contributed by atoms with Gasteiger partial charge in [-0.05, 0) is 42.0 Å². The highest BCUT2D eigenvalue weighted by molar-refractivity contribution is 5.66. The number of hydrogen-bond acceptors (Lipinski definition) is 8. The zero-order valence-corrected chi connectivity index (χ0v) is 18.1. The third-order valence-electron chi connectivity index (χ3n) is 5.16. The second-order valence-corrected chi connectivity index (χ2v) is 7.48. The van der Waals surface area contributed by atoms with Gasteiger partial charge in [0, 0.05) is 30.3 Å². The zero-order valence-electron chi connectivity index (χ0n) is 18.1. The van der Waals surface area contributed by atoms with Gasteiger partial charge < -0.3 is 20.2 Å². The Balaban J connectivity index is 1.47. The number of ether oxygens (including phenoxy) is 2. The molecule has 9 heteroatoms. The van der Waals surface area contributed by atoms with Gasteiger partial charge in [0.05, 0.1) is 37.4 Å². The summed E-state index contributed by atoms with van der Waals surface area (Å²) >= 11 is 0. The third-order valence-corrected chi connectivity index (χ3v) is 5.16. The van der Waals surface area contributed by atoms with E-state index in [1.165, 1.54) is 6.34 Å². The normalized spacial score (nSPS) is 14.1. The summed E-state index contributed by atoms with van der Waals surface area (Å²) in [5.74, 6) is 6.22. The minimum Gasteiger partial charge on any atom is -0.489 e. The summed E-state index contributed by atoms with van der Waals surface area (Å²) in [7, 11) is 0. The van der Waals surface area contributed by atoms with Crippen molar-refractivity contribution >= 4 is 18.0 Å². The lowest BCUT2D eigenvalue weighted by Crippen LogP contribution is -2.26. The Morgan fingerprint density at radius 3 is 2.76 bits per heavy atom. The first kappa shape index (κ1) is 22.2. The molecular weight excluding hydrogens is 418 g/mol. The number of aromatic nitrogens is 2. The van der Waals surface area contributed by atoms with Crippen molar-refractivity contribution in [1.29, 1.82) is 5.26 Å². The summed E-state index contributed by atoms with van der Waals surface area (Å²) in [6.45, 7) is 1.90. The van der Waals surface area contributed by atoms with Crippen LogP contribution in [0, 0.1) is 11.3 Å². The Labute approximate surface area is 192 Å². The molecule has 0 spiro atoms. The van der Waals surface area contributed by atoms with E-state index >= 15 is 0 Å². The first-order chi connectivity index (χ1) is 16.2. The number of nitrogens with two attached hydrogens (primary N) is 1. The molecule has 33 heavy (non-hydrogen) atoms. The van der Waals surface area contributed by atoms with Gasteiger partial charge in [-0.2, -0.15) is 5.26 Å². The van der Waals surface area contributed by atoms with Crippen LogP contribution >= 0.6 is 0 Å². The maximum atomic E-state index is 9.64. The van der Waals surface area contributed by atoms with Gasteiger partial charge in [0.2, 0.25) is 5.95 Å². The standard InChI is InChI=1S/C24H25N7O2/c25-14-19-13-18(3-6-23(19)33-21-8-11-32-12-9-21)22-7-10-28-24(31-22)30-20-4-1-17(2-5-20)15-27-16-29-26/h1-7,10,13,16,21H,8-9,11-12,15,26H2,(H,27,29)(H,28,30,31). The van der Waals surface area contributed by atoms with Crippen molar-refractivity contribution in [3.63, 3.8) is 0 Å². The van der Waals surface area contributed by atoms with Crippen molar-refractivity contribution in [3.8, 4) is 23.1 Å². The van der Waals surface area contributed by atoms with Crippen LogP contribution in [-0.2, 0) is 11.3 Å². The molecule has 2 aromatic carbocycles. The van der Waals surface area contributed by atoms with Crippen molar-refractivity contribution in [2.45, 2.75) is 25.5 Å². The number of anilines is 2. The first-order valence-corrected chi connectivity index (χ1v) is 10.7. The summed E-state index contributed by atoms with van der Waals surface area (Å²) < 4.78 is 11.4. The predicted molar refractivity (Wildman–Crippen MR) is 126 cm³/mol. The number of nitrogens with zero attached hydrogens (tertiary/aromatic N) is 4. The van der Waals surface area contributed by atoms with E-state index in [-0.39, 0.29) is 6.10 Å². The molecule has 3 aromatic rings. The Bertz CT molecular complexity index is 1140. The van der Waals surface area contributed by atoms with Crippen molar-refractivity contribution in [2.24, 2.45) is 10.8 Å². The fraction of sp³-hybridized carbons (Fsp3) is 0.250. The van der Waals surface area contributed by atoms with Gasteiger partial charge in [-0.15, -0.1) is 0 Å². The molecule has 1 saturated heterocycles. The molecule has 1 aromatic heterocycles. The average molecular weight is 444 g/mol. The SMILES string of the molecule is N#Cc1cc(-c2ccnc(Nc3ccc(CN=CNN)cc3)n2)ccc1OC1CCOCC1. The summed E-state index contributed by atoms with van der Waals surface area (Å²) in [6, 6.07) is 17.4. The highest BCUT2D eigenvalue weighted by Gasteiger charge is 2.17. The van der Waals surface area contributed by atoms with Crippen LogP contribution < -0.4 is 21.3 Å². The molecule has 9 nitrogen and oxygen atoms in total. The second kappa shape index (κ2) is 11.0. The van der Waals surface area contributed by atoms with Gasteiger partial charge in [-0.1, -0.05) is 12.1 Å². The average Bonchev–Trinajstić information content (AvgIpc) is 2.86. The molecule has 4 N–H and O–H groups in total. The first-order valence-electron chi connectivity index (χ1n) is 10.7. The van der Waals surface area contributed by atoms with Crippen LogP contribution in [0.15, 0.2) is 59.7 Å². The molecule has 0 aliphatic carbocycles. The van der Waals surface area contributed by atoms with Gasteiger partial charge in [-0.3, -0.25) is 4.99 Å². The molecular formula is C24H25N7O2. The molecule has 0 bridgehead atoms. The maximum Gasteiger partial charge on any atom is 0.227 e. The Kier molecular flexibility index (Phi) is 7.43. The van der Waals surface area contributed by atoms with Gasteiger partial charge >= 0.3 is 0 Å². The Morgan fingerprint density at radius 2 is 2.00 bits per heavy atom. The largest absolute Gasteiger partial charge is 0.489 e. The van der Waals surface area contributed by atoms with Crippen LogP contribution in [0.2, 0.25) is 0 Å². The van der Waals surface area contributed by atoms with Gasteiger partial charge in [0.25, 0.3) is 0 Å². The van der Waals surface area contributed by atoms with Crippen LogP contribution in [0.25, 0.3) is 11.3 Å². The third kappa shape index (κ3) is 6.04. The van der Waals surface area contributed by atoms with Crippen molar-refractivity contribution in [1.82, 2.24) is 15.4 Å². The molecule has 4 rings (SSSR count). The van der Waals surface area contributed by atoms with E-state index in [9.17, 15) is 5.26 Å². The van der Waals surface area contributed by atoms with E-state index in [0.29, 0.717) is 42.7 Å². The van der Waals surface area contributed by atoms with Crippen molar-refractivity contribution in [3.05, 3.63) is 65.9 Å². The number of nitriles is 1. The van der Waals surface area contributed by atoms with E-state index in [1.54, 1.807) is 12.3 Å². The van der Waals surface area contributed by atoms with Crippen LogP contribution in [0.3, 0.4) is 0 Å². The lowest BCUT2D eigenvalue weighted by atomic mass is 10.1. The quantitative estimate of drug-likeness (QED) is 0.209. The number of benzene rings is 2. The summed E-state index contributed by atoms with van der Waals surface area (Å²) in [6.07, 6.45) is 4.86.